The molecule has 1 heterocycles. The predicted octanol–water partition coefficient (Wildman–Crippen LogP) is 12.4. The van der Waals surface area contributed by atoms with E-state index in [9.17, 15) is 0 Å². The second-order valence-electron chi connectivity index (χ2n) is 14.7. The van der Waals surface area contributed by atoms with Crippen LogP contribution in [0.3, 0.4) is 0 Å². The van der Waals surface area contributed by atoms with Gasteiger partial charge in [0, 0.05) is 39.3 Å². The number of rotatable bonds is 8. The first-order chi connectivity index (χ1) is 25.5. The summed E-state index contributed by atoms with van der Waals surface area (Å²) in [5.41, 5.74) is 18.7. The first kappa shape index (κ1) is 32.0. The fourth-order valence-corrected chi connectivity index (χ4v) is 8.14. The molecule has 7 aromatic carbocycles. The minimum absolute atomic E-state index is 0.0291. The van der Waals surface area contributed by atoms with Gasteiger partial charge in [-0.15, -0.1) is 0 Å². The average molecular weight is 674 g/mol. The molecular formula is C49H43N3. The fourth-order valence-electron chi connectivity index (χ4n) is 8.14. The lowest BCUT2D eigenvalue weighted by Gasteiger charge is -2.34. The molecule has 0 fully saturated rings. The highest BCUT2D eigenvalue weighted by Crippen LogP contribution is 2.39. The molecule has 0 saturated heterocycles. The van der Waals surface area contributed by atoms with Gasteiger partial charge in [0.2, 0.25) is 0 Å². The van der Waals surface area contributed by atoms with E-state index in [0.29, 0.717) is 0 Å². The molecule has 2 unspecified atom stereocenters. The van der Waals surface area contributed by atoms with Crippen molar-refractivity contribution >= 4 is 38.3 Å². The molecule has 1 aliphatic rings. The molecule has 0 amide bonds. The average Bonchev–Trinajstić information content (AvgIpc) is 3.52. The summed E-state index contributed by atoms with van der Waals surface area (Å²) in [4.78, 5) is 0. The van der Waals surface area contributed by atoms with Gasteiger partial charge in [0.15, 0.2) is 0 Å². The maximum Gasteiger partial charge on any atom is 0.0547 e. The van der Waals surface area contributed by atoms with Crippen LogP contribution in [0, 0.1) is 0 Å². The number of para-hydroxylation sites is 1. The molecule has 3 nitrogen and oxygen atoms in total. The van der Waals surface area contributed by atoms with E-state index in [2.05, 4.69) is 181 Å². The van der Waals surface area contributed by atoms with Gasteiger partial charge < -0.3 is 15.6 Å². The summed E-state index contributed by atoms with van der Waals surface area (Å²) in [7, 11) is 0. The number of benzene rings is 7. The summed E-state index contributed by atoms with van der Waals surface area (Å²) < 4.78 is 2.43. The van der Waals surface area contributed by atoms with E-state index >= 15 is 0 Å². The second kappa shape index (κ2) is 13.3. The largest absolute Gasteiger partial charge is 0.379 e. The van der Waals surface area contributed by atoms with Crippen molar-refractivity contribution in [2.45, 2.75) is 44.2 Å². The summed E-state index contributed by atoms with van der Waals surface area (Å²) >= 11 is 0. The van der Waals surface area contributed by atoms with Crippen LogP contribution < -0.4 is 11.1 Å². The van der Waals surface area contributed by atoms with Crippen LogP contribution in [0.1, 0.15) is 43.4 Å². The van der Waals surface area contributed by atoms with Crippen LogP contribution in [0.2, 0.25) is 0 Å². The Morgan fingerprint density at radius 1 is 0.635 bits per heavy atom. The smallest absolute Gasteiger partial charge is 0.0547 e. The first-order valence-corrected chi connectivity index (χ1v) is 18.5. The third-order valence-electron chi connectivity index (χ3n) is 11.0. The number of nitrogens with two attached hydrogens (primary N) is 1. The Bertz CT molecular complexity index is 2580. The Balaban J connectivity index is 1.12. The van der Waals surface area contributed by atoms with Crippen LogP contribution in [0.25, 0.3) is 60.5 Å². The topological polar surface area (TPSA) is 43.0 Å². The highest BCUT2D eigenvalue weighted by Gasteiger charge is 2.25. The number of nitrogens with zero attached hydrogens (tertiary/aromatic N) is 1. The van der Waals surface area contributed by atoms with E-state index < -0.39 is 0 Å². The third kappa shape index (κ3) is 6.08. The minimum Gasteiger partial charge on any atom is -0.379 e. The molecule has 0 saturated carbocycles. The van der Waals surface area contributed by atoms with Crippen LogP contribution in [0.5, 0.6) is 0 Å². The summed E-state index contributed by atoms with van der Waals surface area (Å²) in [5.74, 6) is 0. The van der Waals surface area contributed by atoms with Crippen LogP contribution in [-0.4, -0.2) is 10.1 Å². The van der Waals surface area contributed by atoms with E-state index in [4.69, 9.17) is 5.73 Å². The van der Waals surface area contributed by atoms with Crippen LogP contribution in [-0.2, 0) is 6.42 Å². The third-order valence-corrected chi connectivity index (χ3v) is 11.0. The highest BCUT2D eigenvalue weighted by atomic mass is 15.0. The number of hydrogen-bond donors (Lipinski definition) is 2. The Hall–Kier alpha value is -5.90. The summed E-state index contributed by atoms with van der Waals surface area (Å²) in [6.45, 7) is 2.35. The van der Waals surface area contributed by atoms with Crippen LogP contribution in [0.15, 0.2) is 170 Å². The quantitative estimate of drug-likeness (QED) is 0.158. The normalized spacial score (nSPS) is 16.4. The van der Waals surface area contributed by atoms with Gasteiger partial charge in [-0.3, -0.25) is 0 Å². The van der Waals surface area contributed by atoms with Crippen molar-refractivity contribution < 1.29 is 0 Å². The van der Waals surface area contributed by atoms with Gasteiger partial charge in [-0.1, -0.05) is 133 Å². The van der Waals surface area contributed by atoms with Crippen LogP contribution in [0.4, 0.5) is 5.69 Å². The maximum absolute atomic E-state index is 6.60. The number of fused-ring (bicyclic) bond motifs is 4. The molecule has 1 aromatic heterocycles. The zero-order valence-electron chi connectivity index (χ0n) is 29.6. The Morgan fingerprint density at radius 2 is 1.35 bits per heavy atom. The van der Waals surface area contributed by atoms with Crippen molar-refractivity contribution in [1.82, 2.24) is 4.57 Å². The van der Waals surface area contributed by atoms with E-state index in [1.54, 1.807) is 0 Å². The molecule has 0 radical (unpaired) electrons. The Kier molecular flexibility index (Phi) is 8.22. The maximum atomic E-state index is 6.60. The minimum atomic E-state index is -0.0291. The van der Waals surface area contributed by atoms with Crippen molar-refractivity contribution in [2.75, 3.05) is 5.32 Å². The van der Waals surface area contributed by atoms with Crippen molar-refractivity contribution in [2.24, 2.45) is 5.73 Å². The van der Waals surface area contributed by atoms with E-state index in [-0.39, 0.29) is 11.6 Å². The molecule has 3 N–H and O–H groups in total. The van der Waals surface area contributed by atoms with Crippen molar-refractivity contribution in [3.63, 3.8) is 0 Å². The molecule has 0 aliphatic heterocycles. The molecule has 0 spiro atoms. The molecule has 52 heavy (non-hydrogen) atoms. The molecule has 2 atom stereocenters. The summed E-state index contributed by atoms with van der Waals surface area (Å²) in [5, 5.41) is 8.91. The zero-order valence-corrected chi connectivity index (χ0v) is 29.6. The summed E-state index contributed by atoms with van der Waals surface area (Å²) in [6.07, 6.45) is 8.69. The number of nitrogens with one attached hydrogen (secondary N) is 1. The van der Waals surface area contributed by atoms with Gasteiger partial charge in [-0.2, -0.15) is 0 Å². The molecule has 8 aromatic rings. The zero-order chi connectivity index (χ0) is 35.1. The van der Waals surface area contributed by atoms with Gasteiger partial charge in [-0.05, 0) is 108 Å². The number of aromatic nitrogens is 1. The second-order valence-corrected chi connectivity index (χ2v) is 14.7. The van der Waals surface area contributed by atoms with Gasteiger partial charge in [0.25, 0.3) is 0 Å². The van der Waals surface area contributed by atoms with E-state index in [1.165, 1.54) is 71.6 Å². The van der Waals surface area contributed by atoms with Crippen molar-refractivity contribution in [3.05, 3.63) is 181 Å². The van der Waals surface area contributed by atoms with Crippen LogP contribution >= 0.6 is 0 Å². The molecule has 254 valence electrons. The number of hydrogen-bond acceptors (Lipinski definition) is 2. The van der Waals surface area contributed by atoms with Gasteiger partial charge >= 0.3 is 0 Å². The van der Waals surface area contributed by atoms with Crippen molar-refractivity contribution in [1.29, 1.82) is 0 Å². The monoisotopic (exact) mass is 673 g/mol. The van der Waals surface area contributed by atoms with E-state index in [0.717, 1.165) is 31.4 Å². The van der Waals surface area contributed by atoms with Gasteiger partial charge in [-0.25, -0.2) is 0 Å². The van der Waals surface area contributed by atoms with Crippen molar-refractivity contribution in [3.8, 4) is 27.9 Å². The van der Waals surface area contributed by atoms with Gasteiger partial charge in [0.1, 0.15) is 0 Å². The summed E-state index contributed by atoms with van der Waals surface area (Å²) in [6, 6.07) is 57.4. The lowest BCUT2D eigenvalue weighted by molar-refractivity contribution is 0.466. The van der Waals surface area contributed by atoms with E-state index in [1.807, 2.05) is 6.07 Å². The lowest BCUT2D eigenvalue weighted by Crippen LogP contribution is -2.35. The highest BCUT2D eigenvalue weighted by molar-refractivity contribution is 6.10. The molecule has 1 aliphatic carbocycles. The molecule has 9 rings (SSSR count). The number of allylic oxidation sites excluding steroid dienone is 1. The molecular weight excluding hydrogens is 631 g/mol. The van der Waals surface area contributed by atoms with Gasteiger partial charge in [0.05, 0.1) is 11.0 Å². The molecule has 0 bridgehead atoms. The Labute approximate surface area is 306 Å². The first-order valence-electron chi connectivity index (χ1n) is 18.5. The Morgan fingerprint density at radius 3 is 2.17 bits per heavy atom. The molecule has 3 heteroatoms. The predicted molar refractivity (Wildman–Crippen MR) is 221 cm³/mol. The lowest BCUT2D eigenvalue weighted by atomic mass is 9.86. The fraction of sp³-hybridized carbons (Fsp3) is 0.143. The standard InChI is InChI=1S/C49H43N3/c1-49(27-11-4-12-28-49)51-46-26-23-39(32-44(46)35-13-5-2-6-14-35)40-22-25-43-42-17-9-10-18-47(42)52(48(43)33-40)41-24-21-37-29-34(19-20-38(37)31-41)30-45(50)36-15-7-3-8-16-36/h2-11,13-26,29,31-33,45,51H,12,27-28,30,50H2,1H3. The number of anilines is 1. The SMILES string of the molecule is CC1(Nc2ccc(-c3ccc4c5ccccc5n(-c5ccc6cc(CC(N)c7ccccc7)ccc6c5)c4c3)cc2-c2ccccc2)CC=CCC1.